The van der Waals surface area contributed by atoms with Crippen LogP contribution in [0.5, 0.6) is 5.75 Å². The summed E-state index contributed by atoms with van der Waals surface area (Å²) in [4.78, 5) is 13.9. The van der Waals surface area contributed by atoms with E-state index in [0.717, 1.165) is 17.7 Å². The number of rotatable bonds is 6. The molecule has 2 aromatic rings. The van der Waals surface area contributed by atoms with Gasteiger partial charge in [-0.25, -0.2) is 9.18 Å². The summed E-state index contributed by atoms with van der Waals surface area (Å²) >= 11 is 0. The Bertz CT molecular complexity index is 764. The molecule has 0 aliphatic rings. The maximum absolute atomic E-state index is 13.1. The molecule has 0 bridgehead atoms. The number of hydrogen-bond acceptors (Lipinski definition) is 3. The number of anilines is 1. The predicted molar refractivity (Wildman–Crippen MR) is 93.0 cm³/mol. The molecule has 2 aromatic carbocycles. The third-order valence-corrected chi connectivity index (χ3v) is 3.66. The lowest BCUT2D eigenvalue weighted by atomic mass is 10.1. The Labute approximate surface area is 153 Å². The highest BCUT2D eigenvalue weighted by atomic mass is 19.4. The van der Waals surface area contributed by atoms with Gasteiger partial charge in [0, 0.05) is 18.3 Å². The van der Waals surface area contributed by atoms with Gasteiger partial charge in [0.15, 0.2) is 0 Å². The molecule has 1 unspecified atom stereocenters. The lowest BCUT2D eigenvalue weighted by molar-refractivity contribution is -0.274. The van der Waals surface area contributed by atoms with E-state index >= 15 is 0 Å². The van der Waals surface area contributed by atoms with Gasteiger partial charge < -0.3 is 20.3 Å². The number of halogens is 4. The van der Waals surface area contributed by atoms with Crippen LogP contribution >= 0.6 is 0 Å². The van der Waals surface area contributed by atoms with Crippen LogP contribution < -0.4 is 15.4 Å². The van der Waals surface area contributed by atoms with Crippen molar-refractivity contribution in [1.29, 1.82) is 0 Å². The van der Waals surface area contributed by atoms with Gasteiger partial charge in [0.25, 0.3) is 0 Å². The third kappa shape index (κ3) is 6.78. The Balaban J connectivity index is 1.96. The first-order valence-corrected chi connectivity index (χ1v) is 7.96. The fourth-order valence-corrected chi connectivity index (χ4v) is 2.42. The molecular weight excluding hydrogens is 366 g/mol. The van der Waals surface area contributed by atoms with E-state index < -0.39 is 18.1 Å². The van der Waals surface area contributed by atoms with Crippen LogP contribution in [-0.4, -0.2) is 37.9 Å². The number of carbonyl (C=O) groups is 1. The minimum Gasteiger partial charge on any atom is -0.406 e. The number of likely N-dealkylation sites (N-methyl/N-ethyl adjacent to an activating group) is 1. The predicted octanol–water partition coefficient (Wildman–Crippen LogP) is 4.15. The number of carbonyl (C=O) groups excluding carboxylic acids is 1. The molecule has 0 radical (unpaired) electrons. The summed E-state index contributed by atoms with van der Waals surface area (Å²) in [6.07, 6.45) is -4.81. The topological polar surface area (TPSA) is 53.6 Å². The lowest BCUT2D eigenvalue weighted by Gasteiger charge is -2.25. The fourth-order valence-electron chi connectivity index (χ4n) is 2.42. The Morgan fingerprint density at radius 1 is 1.15 bits per heavy atom. The van der Waals surface area contributed by atoms with Crippen LogP contribution in [0.15, 0.2) is 48.5 Å². The van der Waals surface area contributed by atoms with Gasteiger partial charge in [-0.2, -0.15) is 0 Å². The molecule has 2 N–H and O–H groups in total. The molecule has 0 saturated heterocycles. The molecule has 0 aliphatic carbocycles. The van der Waals surface area contributed by atoms with Crippen molar-refractivity contribution in [3.63, 3.8) is 0 Å². The monoisotopic (exact) mass is 385 g/mol. The Kier molecular flexibility index (Phi) is 6.62. The van der Waals surface area contributed by atoms with E-state index in [1.807, 2.05) is 19.0 Å². The van der Waals surface area contributed by atoms with Crippen molar-refractivity contribution in [3.05, 3.63) is 59.9 Å². The minimum absolute atomic E-state index is 0.150. The van der Waals surface area contributed by atoms with Crippen LogP contribution in [0.3, 0.4) is 0 Å². The van der Waals surface area contributed by atoms with E-state index in [4.69, 9.17) is 0 Å². The summed E-state index contributed by atoms with van der Waals surface area (Å²) < 4.78 is 53.7. The summed E-state index contributed by atoms with van der Waals surface area (Å²) in [6.45, 7) is 0.212. The summed E-state index contributed by atoms with van der Waals surface area (Å²) in [5.41, 5.74) is 0.958. The zero-order valence-corrected chi connectivity index (χ0v) is 14.7. The molecule has 27 heavy (non-hydrogen) atoms. The van der Waals surface area contributed by atoms with Crippen molar-refractivity contribution in [2.45, 2.75) is 12.4 Å². The lowest BCUT2D eigenvalue weighted by Crippen LogP contribution is -2.36. The average Bonchev–Trinajstić information content (AvgIpc) is 2.55. The van der Waals surface area contributed by atoms with E-state index in [-0.39, 0.29) is 24.1 Å². The standard InChI is InChI=1S/C18H19F4N3O2/c1-25(2)16(12-6-8-13(19)9-7-12)11-23-17(26)24-14-4-3-5-15(10-14)27-18(20,21)22/h3-10,16H,11H2,1-2H3,(H2,23,24,26). The first-order chi connectivity index (χ1) is 12.6. The summed E-state index contributed by atoms with van der Waals surface area (Å²) in [6, 6.07) is 10.1. The fraction of sp³-hybridized carbons (Fsp3) is 0.278. The van der Waals surface area contributed by atoms with E-state index in [2.05, 4.69) is 15.4 Å². The first kappa shape index (κ1) is 20.5. The van der Waals surface area contributed by atoms with Crippen molar-refractivity contribution in [1.82, 2.24) is 10.2 Å². The molecule has 0 heterocycles. The quantitative estimate of drug-likeness (QED) is 0.735. The molecule has 0 saturated carbocycles. The van der Waals surface area contributed by atoms with Gasteiger partial charge in [-0.05, 0) is 43.9 Å². The molecule has 1 atom stereocenters. The Morgan fingerprint density at radius 3 is 2.41 bits per heavy atom. The van der Waals surface area contributed by atoms with Crippen LogP contribution in [0.4, 0.5) is 28.0 Å². The highest BCUT2D eigenvalue weighted by molar-refractivity contribution is 5.89. The second kappa shape index (κ2) is 8.72. The molecule has 0 aromatic heterocycles. The number of alkyl halides is 3. The van der Waals surface area contributed by atoms with Gasteiger partial charge in [0.2, 0.25) is 0 Å². The van der Waals surface area contributed by atoms with Gasteiger partial charge in [0.1, 0.15) is 11.6 Å². The maximum atomic E-state index is 13.1. The second-order valence-electron chi connectivity index (χ2n) is 5.94. The average molecular weight is 385 g/mol. The van der Waals surface area contributed by atoms with Crippen LogP contribution in [0, 0.1) is 5.82 Å². The van der Waals surface area contributed by atoms with Crippen LogP contribution in [0.2, 0.25) is 0 Å². The Morgan fingerprint density at radius 2 is 1.81 bits per heavy atom. The largest absolute Gasteiger partial charge is 0.573 e. The normalized spacial score (nSPS) is 12.6. The van der Waals surface area contributed by atoms with E-state index in [0.29, 0.717) is 0 Å². The molecule has 0 aliphatic heterocycles. The number of benzene rings is 2. The smallest absolute Gasteiger partial charge is 0.406 e. The van der Waals surface area contributed by atoms with Crippen molar-refractivity contribution in [2.24, 2.45) is 0 Å². The zero-order valence-electron chi connectivity index (χ0n) is 14.7. The van der Waals surface area contributed by atoms with Gasteiger partial charge in [0.05, 0.1) is 6.04 Å². The molecule has 5 nitrogen and oxygen atoms in total. The molecule has 0 fully saturated rings. The Hall–Kier alpha value is -2.81. The van der Waals surface area contributed by atoms with E-state index in [1.54, 1.807) is 12.1 Å². The summed E-state index contributed by atoms with van der Waals surface area (Å²) in [5.74, 6) is -0.791. The van der Waals surface area contributed by atoms with Crippen molar-refractivity contribution >= 4 is 11.7 Å². The van der Waals surface area contributed by atoms with Crippen LogP contribution in [-0.2, 0) is 0 Å². The SMILES string of the molecule is CN(C)C(CNC(=O)Nc1cccc(OC(F)(F)F)c1)c1ccc(F)cc1. The van der Waals surface area contributed by atoms with E-state index in [1.165, 1.54) is 24.3 Å². The van der Waals surface area contributed by atoms with Gasteiger partial charge in [-0.3, -0.25) is 0 Å². The number of hydrogen-bond donors (Lipinski definition) is 2. The summed E-state index contributed by atoms with van der Waals surface area (Å²) in [7, 11) is 3.62. The highest BCUT2D eigenvalue weighted by Gasteiger charge is 2.31. The third-order valence-electron chi connectivity index (χ3n) is 3.66. The van der Waals surface area contributed by atoms with Crippen molar-refractivity contribution in [2.75, 3.05) is 26.0 Å². The first-order valence-electron chi connectivity index (χ1n) is 7.96. The number of nitrogens with zero attached hydrogens (tertiary/aromatic N) is 1. The van der Waals surface area contributed by atoms with Crippen molar-refractivity contribution in [3.8, 4) is 5.75 Å². The number of ether oxygens (including phenoxy) is 1. The second-order valence-corrected chi connectivity index (χ2v) is 5.94. The van der Waals surface area contributed by atoms with Crippen LogP contribution in [0.1, 0.15) is 11.6 Å². The molecule has 2 rings (SSSR count). The van der Waals surface area contributed by atoms with Gasteiger partial charge in [-0.1, -0.05) is 18.2 Å². The maximum Gasteiger partial charge on any atom is 0.573 e. The van der Waals surface area contributed by atoms with Gasteiger partial charge >= 0.3 is 12.4 Å². The van der Waals surface area contributed by atoms with E-state index in [9.17, 15) is 22.4 Å². The summed E-state index contributed by atoms with van der Waals surface area (Å²) in [5, 5.41) is 5.09. The van der Waals surface area contributed by atoms with Crippen molar-refractivity contribution < 1.29 is 27.1 Å². The molecular formula is C18H19F4N3O2. The molecule has 2 amide bonds. The number of urea groups is 1. The minimum atomic E-state index is -4.81. The van der Waals surface area contributed by atoms with Crippen LogP contribution in [0.25, 0.3) is 0 Å². The number of amides is 2. The van der Waals surface area contributed by atoms with Gasteiger partial charge in [-0.15, -0.1) is 13.2 Å². The zero-order chi connectivity index (χ0) is 20.0. The molecule has 146 valence electrons. The molecule has 9 heteroatoms. The highest BCUT2D eigenvalue weighted by Crippen LogP contribution is 2.25. The molecule has 0 spiro atoms. The number of nitrogens with one attached hydrogen (secondary N) is 2.